The number of piperidine rings is 1. The first-order chi connectivity index (χ1) is 6.81. The van der Waals surface area contributed by atoms with Crippen LogP contribution in [0.25, 0.3) is 0 Å². The highest BCUT2D eigenvalue weighted by molar-refractivity contribution is 7.86. The van der Waals surface area contributed by atoms with Crippen molar-refractivity contribution in [1.82, 2.24) is 4.90 Å². The molecule has 0 bridgehead atoms. The normalized spacial score (nSPS) is 27.7. The molecule has 1 aliphatic heterocycles. The fourth-order valence-corrected chi connectivity index (χ4v) is 2.44. The molecule has 1 fully saturated rings. The Labute approximate surface area is 89.0 Å². The summed E-state index contributed by atoms with van der Waals surface area (Å²) in [5.41, 5.74) is 0. The second-order valence-corrected chi connectivity index (χ2v) is 5.30. The summed E-state index contributed by atoms with van der Waals surface area (Å²) in [6.07, 6.45) is 0.558. The van der Waals surface area contributed by atoms with E-state index in [0.717, 1.165) is 6.26 Å². The van der Waals surface area contributed by atoms with Gasteiger partial charge in [0.1, 0.15) is 0 Å². The third-order valence-corrected chi connectivity index (χ3v) is 3.06. The molecule has 0 aromatic rings. The van der Waals surface area contributed by atoms with Crippen LogP contribution < -0.4 is 0 Å². The minimum absolute atomic E-state index is 0.425. The van der Waals surface area contributed by atoms with Gasteiger partial charge >= 0.3 is 6.09 Å². The smallest absolute Gasteiger partial charge is 0.407 e. The molecule has 0 aromatic carbocycles. The molecule has 1 rings (SSSR count). The molecule has 1 N–H and O–H groups in total. The maximum absolute atomic E-state index is 10.9. The Morgan fingerprint density at radius 1 is 1.53 bits per heavy atom. The quantitative estimate of drug-likeness (QED) is 0.707. The van der Waals surface area contributed by atoms with Crippen LogP contribution in [0.3, 0.4) is 0 Å². The number of carbonyl (C=O) groups is 1. The first-order valence-corrected chi connectivity index (χ1v) is 6.51. The first-order valence-electron chi connectivity index (χ1n) is 4.69. The lowest BCUT2D eigenvalue weighted by molar-refractivity contribution is 0.0417. The Morgan fingerprint density at radius 3 is 2.60 bits per heavy atom. The van der Waals surface area contributed by atoms with Crippen LogP contribution in [-0.2, 0) is 14.3 Å². The zero-order valence-corrected chi connectivity index (χ0v) is 9.53. The van der Waals surface area contributed by atoms with Gasteiger partial charge < -0.3 is 10.0 Å². The molecule has 1 saturated heterocycles. The van der Waals surface area contributed by atoms with Crippen LogP contribution in [0.4, 0.5) is 4.79 Å². The Bertz CT molecular complexity index is 339. The average molecular weight is 237 g/mol. The molecule has 88 valence electrons. The molecule has 0 spiro atoms. The summed E-state index contributed by atoms with van der Waals surface area (Å²) in [6, 6.07) is -0.425. The number of hydrogen-bond donors (Lipinski definition) is 1. The van der Waals surface area contributed by atoms with E-state index in [1.54, 1.807) is 6.92 Å². The van der Waals surface area contributed by atoms with Crippen LogP contribution in [0, 0.1) is 0 Å². The third-order valence-electron chi connectivity index (χ3n) is 2.46. The van der Waals surface area contributed by atoms with E-state index in [1.807, 2.05) is 0 Å². The van der Waals surface area contributed by atoms with E-state index in [4.69, 9.17) is 9.29 Å². The lowest BCUT2D eigenvalue weighted by Gasteiger charge is -2.36. The van der Waals surface area contributed by atoms with Crippen LogP contribution in [-0.4, -0.2) is 49.5 Å². The lowest BCUT2D eigenvalue weighted by atomic mass is 10.0. The largest absolute Gasteiger partial charge is 0.465 e. The highest BCUT2D eigenvalue weighted by atomic mass is 32.2. The highest BCUT2D eigenvalue weighted by Gasteiger charge is 2.33. The van der Waals surface area contributed by atoms with Crippen molar-refractivity contribution < 1.29 is 22.5 Å². The van der Waals surface area contributed by atoms with Crippen molar-refractivity contribution in [2.75, 3.05) is 12.8 Å². The summed E-state index contributed by atoms with van der Waals surface area (Å²) in [5.74, 6) is 0. The minimum Gasteiger partial charge on any atom is -0.465 e. The van der Waals surface area contributed by atoms with E-state index in [-0.39, 0.29) is 0 Å². The van der Waals surface area contributed by atoms with Gasteiger partial charge in [-0.1, -0.05) is 0 Å². The Morgan fingerprint density at radius 2 is 2.13 bits per heavy atom. The highest BCUT2D eigenvalue weighted by Crippen LogP contribution is 2.21. The van der Waals surface area contributed by atoms with Crippen molar-refractivity contribution in [1.29, 1.82) is 0 Å². The van der Waals surface area contributed by atoms with Crippen molar-refractivity contribution in [2.45, 2.75) is 31.9 Å². The van der Waals surface area contributed by atoms with Crippen molar-refractivity contribution in [2.24, 2.45) is 0 Å². The number of nitrogens with zero attached hydrogens (tertiary/aromatic N) is 1. The van der Waals surface area contributed by atoms with Gasteiger partial charge in [0.2, 0.25) is 0 Å². The van der Waals surface area contributed by atoms with Gasteiger partial charge in [-0.2, -0.15) is 8.42 Å². The molecule has 1 aliphatic rings. The predicted molar refractivity (Wildman–Crippen MR) is 53.1 cm³/mol. The zero-order chi connectivity index (χ0) is 11.6. The number of amides is 1. The van der Waals surface area contributed by atoms with Gasteiger partial charge in [0, 0.05) is 6.54 Å². The third kappa shape index (κ3) is 3.35. The SMILES string of the molecule is C[C@H]1C(OS(C)(=O)=O)CCCN1C(=O)O. The van der Waals surface area contributed by atoms with Gasteiger partial charge in [-0.25, -0.2) is 4.79 Å². The molecule has 6 nitrogen and oxygen atoms in total. The average Bonchev–Trinajstić information content (AvgIpc) is 2.05. The standard InChI is InChI=1S/C8H15NO5S/c1-6-7(14-15(2,12)13)4-3-5-9(6)8(10)11/h6-7H,3-5H2,1-2H3,(H,10,11)/t6-,7?/m0/s1. The summed E-state index contributed by atoms with van der Waals surface area (Å²) in [4.78, 5) is 12.0. The van der Waals surface area contributed by atoms with E-state index < -0.39 is 28.4 Å². The molecule has 7 heteroatoms. The number of rotatable bonds is 2. The minimum atomic E-state index is -3.53. The lowest BCUT2D eigenvalue weighted by Crippen LogP contribution is -2.50. The summed E-state index contributed by atoms with van der Waals surface area (Å²) < 4.78 is 26.7. The molecular weight excluding hydrogens is 222 g/mol. The van der Waals surface area contributed by atoms with Crippen molar-refractivity contribution in [3.8, 4) is 0 Å². The monoisotopic (exact) mass is 237 g/mol. The molecule has 1 unspecified atom stereocenters. The number of carboxylic acid groups (broad SMARTS) is 1. The van der Waals surface area contributed by atoms with Crippen molar-refractivity contribution in [3.05, 3.63) is 0 Å². The van der Waals surface area contributed by atoms with Gasteiger partial charge in [0.05, 0.1) is 18.4 Å². The van der Waals surface area contributed by atoms with E-state index in [1.165, 1.54) is 4.90 Å². The molecular formula is C8H15NO5S. The van der Waals surface area contributed by atoms with Crippen LogP contribution >= 0.6 is 0 Å². The maximum atomic E-state index is 10.9. The second kappa shape index (κ2) is 4.36. The van der Waals surface area contributed by atoms with Crippen molar-refractivity contribution >= 4 is 16.2 Å². The van der Waals surface area contributed by atoms with E-state index in [0.29, 0.717) is 19.4 Å². The van der Waals surface area contributed by atoms with Crippen LogP contribution in [0.15, 0.2) is 0 Å². The van der Waals surface area contributed by atoms with Gasteiger partial charge in [-0.15, -0.1) is 0 Å². The molecule has 0 aliphatic carbocycles. The number of hydrogen-bond acceptors (Lipinski definition) is 4. The molecule has 0 aromatic heterocycles. The van der Waals surface area contributed by atoms with Gasteiger partial charge in [0.15, 0.2) is 0 Å². The Kier molecular flexibility index (Phi) is 3.56. The van der Waals surface area contributed by atoms with E-state index in [9.17, 15) is 13.2 Å². The van der Waals surface area contributed by atoms with E-state index in [2.05, 4.69) is 0 Å². The van der Waals surface area contributed by atoms with Gasteiger partial charge in [0.25, 0.3) is 10.1 Å². The van der Waals surface area contributed by atoms with E-state index >= 15 is 0 Å². The topological polar surface area (TPSA) is 83.9 Å². The van der Waals surface area contributed by atoms with Gasteiger partial charge in [-0.3, -0.25) is 4.18 Å². The summed E-state index contributed by atoms with van der Waals surface area (Å²) in [7, 11) is -3.53. The summed E-state index contributed by atoms with van der Waals surface area (Å²) in [6.45, 7) is 2.09. The zero-order valence-electron chi connectivity index (χ0n) is 8.71. The Balaban J connectivity index is 2.71. The van der Waals surface area contributed by atoms with Crippen molar-refractivity contribution in [3.63, 3.8) is 0 Å². The molecule has 1 amide bonds. The molecule has 2 atom stereocenters. The summed E-state index contributed by atoms with van der Waals surface area (Å²) >= 11 is 0. The fourth-order valence-electron chi connectivity index (χ4n) is 1.73. The summed E-state index contributed by atoms with van der Waals surface area (Å²) in [5, 5.41) is 8.85. The first kappa shape index (κ1) is 12.3. The fraction of sp³-hybridized carbons (Fsp3) is 0.875. The number of likely N-dealkylation sites (tertiary alicyclic amines) is 1. The molecule has 0 radical (unpaired) electrons. The van der Waals surface area contributed by atoms with Crippen LogP contribution in [0.1, 0.15) is 19.8 Å². The molecule has 0 saturated carbocycles. The van der Waals surface area contributed by atoms with Gasteiger partial charge in [-0.05, 0) is 19.8 Å². The molecule has 15 heavy (non-hydrogen) atoms. The second-order valence-electron chi connectivity index (χ2n) is 3.70. The predicted octanol–water partition coefficient (Wildman–Crippen LogP) is 0.494. The maximum Gasteiger partial charge on any atom is 0.407 e. The molecule has 1 heterocycles. The Hall–Kier alpha value is -0.820. The van der Waals surface area contributed by atoms with Crippen LogP contribution in [0.5, 0.6) is 0 Å². The van der Waals surface area contributed by atoms with Crippen LogP contribution in [0.2, 0.25) is 0 Å².